The Balaban J connectivity index is 1.43. The highest BCUT2D eigenvalue weighted by atomic mass is 16.1. The van der Waals surface area contributed by atoms with Crippen molar-refractivity contribution in [3.8, 4) is 0 Å². The van der Waals surface area contributed by atoms with Crippen LogP contribution in [0.15, 0.2) is 193 Å². The lowest BCUT2D eigenvalue weighted by Crippen LogP contribution is -2.21. The molecule has 0 unspecified atom stereocenters. The fourth-order valence-electron chi connectivity index (χ4n) is 7.30. The van der Waals surface area contributed by atoms with Gasteiger partial charge in [0, 0.05) is 34.1 Å². The van der Waals surface area contributed by atoms with Crippen LogP contribution in [0.5, 0.6) is 0 Å². The summed E-state index contributed by atoms with van der Waals surface area (Å²) in [6.45, 7) is 0. The van der Waals surface area contributed by atoms with Crippen LogP contribution in [-0.4, -0.2) is 11.6 Å². The van der Waals surface area contributed by atoms with E-state index in [1.54, 1.807) is 0 Å². The highest BCUT2D eigenvalue weighted by Gasteiger charge is 2.35. The van der Waals surface area contributed by atoms with E-state index in [4.69, 9.17) is 0 Å². The number of rotatable bonds is 6. The standard InChI is InChI=1S/C46H32O2/c47-45-37-27-15-13-25-35(37)39(29-41(45)43(31-17-5-1-6-18-31)32-19-7-2-8-20-32)40-30-42(46(48)38-28-16-14-26-36(38)40)44(33-21-9-3-10-22-33)34-23-11-4-12-24-34/h1-30,43-44H/b40-39+. The Labute approximate surface area is 281 Å². The fourth-order valence-corrected chi connectivity index (χ4v) is 7.30. The lowest BCUT2D eigenvalue weighted by Gasteiger charge is -2.30. The van der Waals surface area contributed by atoms with Crippen LogP contribution in [-0.2, 0) is 0 Å². The molecule has 0 fully saturated rings. The van der Waals surface area contributed by atoms with Crippen LogP contribution in [0.4, 0.5) is 0 Å². The summed E-state index contributed by atoms with van der Waals surface area (Å²) in [5.41, 5.74) is 10.6. The summed E-state index contributed by atoms with van der Waals surface area (Å²) >= 11 is 0. The molecule has 48 heavy (non-hydrogen) atoms. The molecule has 0 radical (unpaired) electrons. The van der Waals surface area contributed by atoms with Crippen molar-refractivity contribution in [2.24, 2.45) is 0 Å². The summed E-state index contributed by atoms with van der Waals surface area (Å²) in [5.74, 6) is -0.504. The molecule has 0 saturated heterocycles. The molecule has 2 heteroatoms. The predicted octanol–water partition coefficient (Wildman–Crippen LogP) is 10.5. The van der Waals surface area contributed by atoms with E-state index in [0.717, 1.165) is 44.5 Å². The van der Waals surface area contributed by atoms with Crippen molar-refractivity contribution in [3.05, 3.63) is 238 Å². The van der Waals surface area contributed by atoms with Crippen molar-refractivity contribution in [2.45, 2.75) is 11.8 Å². The summed E-state index contributed by atoms with van der Waals surface area (Å²) < 4.78 is 0. The lowest BCUT2D eigenvalue weighted by molar-refractivity contribution is 0.102. The van der Waals surface area contributed by atoms with Crippen LogP contribution in [0.2, 0.25) is 0 Å². The SMILES string of the molecule is O=C1C(C(c2ccccc2)c2ccccc2)=C/C(=C2/C=C(C(c3ccccc3)c3ccccc3)C(=O)c3ccccc32)c2ccccc21. The van der Waals surface area contributed by atoms with Crippen LogP contribution in [0.3, 0.4) is 0 Å². The number of carbonyl (C=O) groups is 2. The van der Waals surface area contributed by atoms with Gasteiger partial charge in [-0.3, -0.25) is 9.59 Å². The maximum Gasteiger partial charge on any atom is 0.190 e. The van der Waals surface area contributed by atoms with E-state index in [2.05, 4.69) is 60.7 Å². The molecule has 0 aromatic heterocycles. The van der Waals surface area contributed by atoms with E-state index in [1.807, 2.05) is 121 Å². The molecule has 2 aliphatic rings. The number of allylic oxidation sites excluding steroid dienone is 6. The van der Waals surface area contributed by atoms with Crippen LogP contribution < -0.4 is 0 Å². The molecule has 0 spiro atoms. The van der Waals surface area contributed by atoms with E-state index in [1.165, 1.54) is 0 Å². The maximum absolute atomic E-state index is 14.5. The van der Waals surface area contributed by atoms with Crippen molar-refractivity contribution in [2.75, 3.05) is 0 Å². The Morgan fingerprint density at radius 3 is 0.833 bits per heavy atom. The van der Waals surface area contributed by atoms with Gasteiger partial charge in [-0.05, 0) is 56.7 Å². The fraction of sp³-hybridized carbons (Fsp3) is 0.0435. The second-order valence-electron chi connectivity index (χ2n) is 12.3. The van der Waals surface area contributed by atoms with Crippen LogP contribution in [0, 0.1) is 0 Å². The molecule has 0 heterocycles. The van der Waals surface area contributed by atoms with Gasteiger partial charge in [0.1, 0.15) is 0 Å². The number of Topliss-reactive ketones (excluding diaryl/α,β-unsaturated/α-hetero) is 2. The molecule has 2 aliphatic carbocycles. The number of hydrogen-bond acceptors (Lipinski definition) is 2. The van der Waals surface area contributed by atoms with Crippen molar-refractivity contribution < 1.29 is 9.59 Å². The predicted molar refractivity (Wildman–Crippen MR) is 194 cm³/mol. The average molecular weight is 617 g/mol. The normalized spacial score (nSPS) is 15.5. The van der Waals surface area contributed by atoms with Gasteiger partial charge in [-0.2, -0.15) is 0 Å². The quantitative estimate of drug-likeness (QED) is 0.187. The topological polar surface area (TPSA) is 34.1 Å². The van der Waals surface area contributed by atoms with Crippen molar-refractivity contribution in [1.29, 1.82) is 0 Å². The van der Waals surface area contributed by atoms with Crippen LogP contribution in [0.1, 0.15) is 65.9 Å². The molecule has 8 rings (SSSR count). The first-order chi connectivity index (χ1) is 23.7. The van der Waals surface area contributed by atoms with Gasteiger partial charge in [-0.1, -0.05) is 170 Å². The van der Waals surface area contributed by atoms with E-state index < -0.39 is 0 Å². The minimum Gasteiger partial charge on any atom is -0.289 e. The summed E-state index contributed by atoms with van der Waals surface area (Å²) in [7, 11) is 0. The molecular formula is C46H32O2. The largest absolute Gasteiger partial charge is 0.289 e. The monoisotopic (exact) mass is 616 g/mol. The molecule has 0 aliphatic heterocycles. The van der Waals surface area contributed by atoms with Gasteiger partial charge in [0.15, 0.2) is 11.6 Å². The molecule has 228 valence electrons. The average Bonchev–Trinajstić information content (AvgIpc) is 3.16. The molecule has 0 N–H and O–H groups in total. The number of hydrogen-bond donors (Lipinski definition) is 0. The molecule has 6 aromatic carbocycles. The van der Waals surface area contributed by atoms with E-state index >= 15 is 0 Å². The lowest BCUT2D eigenvalue weighted by atomic mass is 9.72. The summed E-state index contributed by atoms with van der Waals surface area (Å²) in [6.07, 6.45) is 4.18. The molecule has 0 bridgehead atoms. The first kappa shape index (κ1) is 29.3. The molecule has 0 atom stereocenters. The third kappa shape index (κ3) is 5.18. The summed E-state index contributed by atoms with van der Waals surface area (Å²) in [6, 6.07) is 56.7. The van der Waals surface area contributed by atoms with E-state index in [9.17, 15) is 9.59 Å². The van der Waals surface area contributed by atoms with Crippen molar-refractivity contribution in [1.82, 2.24) is 0 Å². The molecule has 2 nitrogen and oxygen atoms in total. The van der Waals surface area contributed by atoms with Crippen molar-refractivity contribution in [3.63, 3.8) is 0 Å². The number of ketones is 2. The first-order valence-corrected chi connectivity index (χ1v) is 16.3. The number of benzene rings is 6. The van der Waals surface area contributed by atoms with Gasteiger partial charge >= 0.3 is 0 Å². The first-order valence-electron chi connectivity index (χ1n) is 16.3. The molecule has 0 amide bonds. The second kappa shape index (κ2) is 12.6. The van der Waals surface area contributed by atoms with Gasteiger partial charge in [-0.25, -0.2) is 0 Å². The zero-order valence-corrected chi connectivity index (χ0v) is 26.3. The van der Waals surface area contributed by atoms with Gasteiger partial charge in [0.25, 0.3) is 0 Å². The third-order valence-corrected chi connectivity index (χ3v) is 9.49. The van der Waals surface area contributed by atoms with Gasteiger partial charge in [0.2, 0.25) is 0 Å². The highest BCUT2D eigenvalue weighted by molar-refractivity contribution is 6.24. The van der Waals surface area contributed by atoms with Gasteiger partial charge in [-0.15, -0.1) is 0 Å². The second-order valence-corrected chi connectivity index (χ2v) is 12.3. The number of fused-ring (bicyclic) bond motifs is 2. The Bertz CT molecular complexity index is 2000. The van der Waals surface area contributed by atoms with E-state index in [0.29, 0.717) is 22.3 Å². The highest BCUT2D eigenvalue weighted by Crippen LogP contribution is 2.46. The number of carbonyl (C=O) groups excluding carboxylic acids is 2. The van der Waals surface area contributed by atoms with Gasteiger partial charge in [0.05, 0.1) is 0 Å². The smallest absolute Gasteiger partial charge is 0.190 e. The van der Waals surface area contributed by atoms with Crippen molar-refractivity contribution >= 4 is 22.7 Å². The minimum atomic E-state index is -0.269. The van der Waals surface area contributed by atoms with Crippen LogP contribution in [0.25, 0.3) is 11.1 Å². The van der Waals surface area contributed by atoms with Gasteiger partial charge < -0.3 is 0 Å². The minimum absolute atomic E-state index is 0.0171. The maximum atomic E-state index is 14.5. The third-order valence-electron chi connectivity index (χ3n) is 9.49. The Morgan fingerprint density at radius 1 is 0.292 bits per heavy atom. The molecule has 6 aromatic rings. The zero-order chi connectivity index (χ0) is 32.5. The summed E-state index contributed by atoms with van der Waals surface area (Å²) in [4.78, 5) is 29.0. The van der Waals surface area contributed by atoms with Crippen LogP contribution >= 0.6 is 0 Å². The Kier molecular flexibility index (Phi) is 7.68. The molecule has 0 saturated carbocycles. The molecular weight excluding hydrogens is 585 g/mol. The Morgan fingerprint density at radius 2 is 0.542 bits per heavy atom. The Hall–Kier alpha value is -6.12. The summed E-state index contributed by atoms with van der Waals surface area (Å²) in [5, 5.41) is 0. The zero-order valence-electron chi connectivity index (χ0n) is 26.3. The van der Waals surface area contributed by atoms with E-state index in [-0.39, 0.29) is 23.4 Å².